The van der Waals surface area contributed by atoms with Crippen LogP contribution in [0.1, 0.15) is 52.7 Å². The van der Waals surface area contributed by atoms with E-state index in [1.165, 1.54) is 10.4 Å². The van der Waals surface area contributed by atoms with E-state index in [9.17, 15) is 0 Å². The maximum absolute atomic E-state index is 7.11. The van der Waals surface area contributed by atoms with E-state index < -0.39 is 16.6 Å². The minimum atomic E-state index is -2.59. The lowest BCUT2D eigenvalue weighted by atomic mass is 10.1. The van der Waals surface area contributed by atoms with Gasteiger partial charge in [-0.3, -0.25) is 0 Å². The van der Waals surface area contributed by atoms with Gasteiger partial charge in [-0.15, -0.1) is 0 Å². The molecule has 3 nitrogen and oxygen atoms in total. The van der Waals surface area contributed by atoms with Crippen LogP contribution >= 0.6 is 0 Å². The fourth-order valence-electron chi connectivity index (χ4n) is 4.30. The van der Waals surface area contributed by atoms with Crippen molar-refractivity contribution in [3.8, 4) is 0 Å². The van der Waals surface area contributed by atoms with Crippen LogP contribution < -0.4 is 16.1 Å². The molecule has 0 unspecified atom stereocenters. The summed E-state index contributed by atoms with van der Waals surface area (Å²) in [4.78, 5) is 0. The number of hydrogen-bond donors (Lipinski definition) is 1. The third-order valence-electron chi connectivity index (χ3n) is 7.47. The predicted octanol–water partition coefficient (Wildman–Crippen LogP) is 6.87. The lowest BCUT2D eigenvalue weighted by Crippen LogP contribution is -2.66. The van der Waals surface area contributed by atoms with Crippen LogP contribution in [0.3, 0.4) is 0 Å². The zero-order valence-corrected chi connectivity index (χ0v) is 24.8. The molecule has 0 bridgehead atoms. The average molecular weight is 506 g/mol. The molecule has 35 heavy (non-hydrogen) atoms. The third-order valence-corrected chi connectivity index (χ3v) is 16.9. The Morgan fingerprint density at radius 2 is 1.17 bits per heavy atom. The van der Waals surface area contributed by atoms with Gasteiger partial charge in [-0.2, -0.15) is 0 Å². The van der Waals surface area contributed by atoms with Crippen LogP contribution in [-0.2, 0) is 22.1 Å². The summed E-state index contributed by atoms with van der Waals surface area (Å²) in [6.45, 7) is 19.3. The maximum Gasteiger partial charge on any atom is 0.261 e. The molecule has 0 amide bonds. The number of hydrogen-bond acceptors (Lipinski definition) is 3. The highest BCUT2D eigenvalue weighted by atomic mass is 28.4. The average Bonchev–Trinajstić information content (AvgIpc) is 2.79. The number of nitrogens with two attached hydrogens (primary N) is 1. The van der Waals surface area contributed by atoms with Gasteiger partial charge in [0.25, 0.3) is 8.32 Å². The van der Waals surface area contributed by atoms with Gasteiger partial charge in [0.2, 0.25) is 0 Å². The molecule has 0 saturated carbocycles. The molecule has 0 saturated heterocycles. The Morgan fingerprint density at radius 3 is 1.63 bits per heavy atom. The van der Waals surface area contributed by atoms with Crippen LogP contribution in [-0.4, -0.2) is 16.6 Å². The van der Waals surface area contributed by atoms with E-state index in [2.05, 4.69) is 127 Å². The molecule has 0 aromatic heterocycles. The van der Waals surface area contributed by atoms with Crippen LogP contribution in [0.15, 0.2) is 78.9 Å². The first-order valence-electron chi connectivity index (χ1n) is 12.5. The second kappa shape index (κ2) is 10.4. The predicted molar refractivity (Wildman–Crippen MR) is 155 cm³/mol. The fourth-order valence-corrected chi connectivity index (χ4v) is 9.79. The number of nitrogen functional groups attached to an aromatic ring is 1. The molecule has 0 aliphatic heterocycles. The molecular weight excluding hydrogens is 463 g/mol. The molecule has 0 fully saturated rings. The minimum Gasteiger partial charge on any atom is -0.412 e. The Balaban J connectivity index is 1.95. The van der Waals surface area contributed by atoms with Crippen molar-refractivity contribution < 1.29 is 8.85 Å². The van der Waals surface area contributed by atoms with E-state index in [1.54, 1.807) is 0 Å². The Bertz CT molecular complexity index is 1060. The highest BCUT2D eigenvalue weighted by Gasteiger charge is 2.50. The topological polar surface area (TPSA) is 44.5 Å². The standard InChI is InChI=1S/C30H43NO2Si2/c1-29(2,3)34(7,8)32-23-25-21-24(19-20-28(25)31)22-33-35(30(4,5)6,26-15-11-9-12-16-26)27-17-13-10-14-18-27/h9-21H,22-23,31H2,1-8H3. The summed E-state index contributed by atoms with van der Waals surface area (Å²) in [7, 11) is -4.46. The normalized spacial score (nSPS) is 13.1. The SMILES string of the molecule is CC(C)(C)[Si](C)(C)OCc1cc(CO[Si](c2ccccc2)(c2ccccc2)C(C)(C)C)ccc1N. The summed E-state index contributed by atoms with van der Waals surface area (Å²) in [6.07, 6.45) is 0. The van der Waals surface area contributed by atoms with Crippen LogP contribution in [0.5, 0.6) is 0 Å². The van der Waals surface area contributed by atoms with Crippen molar-refractivity contribution in [3.63, 3.8) is 0 Å². The molecule has 0 radical (unpaired) electrons. The van der Waals surface area contributed by atoms with Gasteiger partial charge in [0, 0.05) is 5.69 Å². The third kappa shape index (κ3) is 5.97. The van der Waals surface area contributed by atoms with E-state index in [0.717, 1.165) is 16.8 Å². The Morgan fingerprint density at radius 1 is 0.657 bits per heavy atom. The summed E-state index contributed by atoms with van der Waals surface area (Å²) < 4.78 is 13.6. The fraction of sp³-hybridized carbons (Fsp3) is 0.400. The monoisotopic (exact) mass is 505 g/mol. The Hall–Kier alpha value is -2.19. The van der Waals surface area contributed by atoms with E-state index >= 15 is 0 Å². The Kier molecular flexibility index (Phi) is 8.17. The first kappa shape index (κ1) is 27.4. The number of anilines is 1. The molecule has 0 aliphatic carbocycles. The molecule has 0 heterocycles. The second-order valence-electron chi connectivity index (χ2n) is 12.0. The molecule has 0 spiro atoms. The summed E-state index contributed by atoms with van der Waals surface area (Å²) in [5.41, 5.74) is 9.31. The van der Waals surface area contributed by atoms with Crippen LogP contribution in [0.4, 0.5) is 5.69 Å². The molecule has 3 rings (SSSR count). The van der Waals surface area contributed by atoms with Gasteiger partial charge in [0.15, 0.2) is 8.32 Å². The molecule has 5 heteroatoms. The highest BCUT2D eigenvalue weighted by molar-refractivity contribution is 6.99. The van der Waals surface area contributed by atoms with E-state index in [1.807, 2.05) is 6.07 Å². The largest absolute Gasteiger partial charge is 0.412 e. The summed E-state index contributed by atoms with van der Waals surface area (Å²) in [6, 6.07) is 27.8. The maximum atomic E-state index is 7.11. The van der Waals surface area contributed by atoms with Crippen molar-refractivity contribution in [2.24, 2.45) is 0 Å². The number of benzene rings is 3. The lowest BCUT2D eigenvalue weighted by molar-refractivity contribution is 0.274. The zero-order valence-electron chi connectivity index (χ0n) is 22.8. The lowest BCUT2D eigenvalue weighted by Gasteiger charge is -2.43. The van der Waals surface area contributed by atoms with Crippen molar-refractivity contribution in [1.82, 2.24) is 0 Å². The summed E-state index contributed by atoms with van der Waals surface area (Å²) >= 11 is 0. The molecule has 3 aromatic carbocycles. The van der Waals surface area contributed by atoms with Crippen LogP contribution in [0.2, 0.25) is 23.2 Å². The first-order chi connectivity index (χ1) is 16.3. The van der Waals surface area contributed by atoms with Gasteiger partial charge in [-0.25, -0.2) is 0 Å². The van der Waals surface area contributed by atoms with E-state index in [0.29, 0.717) is 13.2 Å². The van der Waals surface area contributed by atoms with E-state index in [-0.39, 0.29) is 10.1 Å². The van der Waals surface area contributed by atoms with Gasteiger partial charge in [0.1, 0.15) is 0 Å². The van der Waals surface area contributed by atoms with Gasteiger partial charge in [0.05, 0.1) is 13.2 Å². The second-order valence-corrected chi connectivity index (χ2v) is 21.1. The molecular formula is C30H43NO2Si2. The van der Waals surface area contributed by atoms with Crippen LogP contribution in [0.25, 0.3) is 0 Å². The number of rotatable bonds is 8. The molecule has 0 atom stereocenters. The Labute approximate surface area is 215 Å². The quantitative estimate of drug-likeness (QED) is 0.268. The van der Waals surface area contributed by atoms with Crippen LogP contribution in [0, 0.1) is 0 Å². The highest BCUT2D eigenvalue weighted by Crippen LogP contribution is 2.38. The van der Waals surface area contributed by atoms with Crippen molar-refractivity contribution in [3.05, 3.63) is 90.0 Å². The van der Waals surface area contributed by atoms with Crippen molar-refractivity contribution in [1.29, 1.82) is 0 Å². The molecule has 3 aromatic rings. The summed E-state index contributed by atoms with van der Waals surface area (Å²) in [5, 5.41) is 2.68. The van der Waals surface area contributed by atoms with Gasteiger partial charge < -0.3 is 14.6 Å². The van der Waals surface area contributed by atoms with Crippen molar-refractivity contribution in [2.75, 3.05) is 5.73 Å². The van der Waals surface area contributed by atoms with Gasteiger partial charge in [-0.1, -0.05) is 108 Å². The molecule has 0 aliphatic rings. The van der Waals surface area contributed by atoms with E-state index in [4.69, 9.17) is 14.6 Å². The smallest absolute Gasteiger partial charge is 0.261 e. The summed E-state index contributed by atoms with van der Waals surface area (Å²) in [5.74, 6) is 0. The molecule has 188 valence electrons. The first-order valence-corrected chi connectivity index (χ1v) is 17.4. The van der Waals surface area contributed by atoms with Gasteiger partial charge in [-0.05, 0) is 56.8 Å². The van der Waals surface area contributed by atoms with Crippen molar-refractivity contribution >= 4 is 32.7 Å². The zero-order chi connectivity index (χ0) is 25.9. The molecule has 2 N–H and O–H groups in total. The minimum absolute atomic E-state index is 0.0577. The van der Waals surface area contributed by atoms with Crippen molar-refractivity contribution in [2.45, 2.75) is 77.9 Å². The van der Waals surface area contributed by atoms with Gasteiger partial charge >= 0.3 is 0 Å².